The maximum Gasteiger partial charge on any atom is 0.339 e. The number of rotatable bonds is 4. The van der Waals surface area contributed by atoms with Gasteiger partial charge in [0.25, 0.3) is 0 Å². The Morgan fingerprint density at radius 3 is 2.69 bits per heavy atom. The van der Waals surface area contributed by atoms with Crippen LogP contribution in [0, 0.1) is 0 Å². The number of aliphatic hydroxyl groups excluding tert-OH is 2. The highest BCUT2D eigenvalue weighted by Gasteiger charge is 2.06. The zero-order valence-corrected chi connectivity index (χ0v) is 9.08. The molecule has 88 valence electrons. The van der Waals surface area contributed by atoms with Gasteiger partial charge >= 0.3 is 5.63 Å². The van der Waals surface area contributed by atoms with Crippen molar-refractivity contribution in [2.24, 2.45) is 0 Å². The molecule has 2 atom stereocenters. The van der Waals surface area contributed by atoms with E-state index >= 15 is 0 Å². The van der Waals surface area contributed by atoms with Crippen LogP contribution in [-0.2, 0) is 0 Å². The Hall–Kier alpha value is -1.59. The molecule has 0 radical (unpaired) electrons. The van der Waals surface area contributed by atoms with Crippen LogP contribution >= 0.6 is 0 Å². The van der Waals surface area contributed by atoms with E-state index in [1.807, 2.05) is 0 Å². The quantitative estimate of drug-likeness (QED) is 0.777. The first-order valence-corrected chi connectivity index (χ1v) is 4.76. The van der Waals surface area contributed by atoms with Gasteiger partial charge in [0.2, 0.25) is 0 Å². The predicted molar refractivity (Wildman–Crippen MR) is 58.3 cm³/mol. The zero-order valence-electron chi connectivity index (χ0n) is 9.08. The van der Waals surface area contributed by atoms with E-state index in [2.05, 4.69) is 0 Å². The number of ether oxygens (including phenoxy) is 1. The Bertz CT molecular complexity index is 419. The molecule has 0 fully saturated rings. The van der Waals surface area contributed by atoms with Crippen molar-refractivity contribution in [1.82, 2.24) is 0 Å². The molecule has 0 saturated heterocycles. The minimum atomic E-state index is -1.00. The number of hydrogen-bond acceptors (Lipinski definition) is 5. The molecule has 2 unspecified atom stereocenters. The van der Waals surface area contributed by atoms with E-state index in [1.165, 1.54) is 38.3 Å². The van der Waals surface area contributed by atoms with Crippen molar-refractivity contribution in [2.45, 2.75) is 19.1 Å². The lowest BCUT2D eigenvalue weighted by molar-refractivity contribution is 0.0623. The molecular weight excluding hydrogens is 212 g/mol. The first-order valence-electron chi connectivity index (χ1n) is 4.76. The summed E-state index contributed by atoms with van der Waals surface area (Å²) in [5.74, 6) is 0.631. The molecule has 1 aromatic heterocycles. The minimum absolute atomic E-state index is 0.254. The van der Waals surface area contributed by atoms with Crippen LogP contribution in [0.5, 0.6) is 5.75 Å². The number of hydrogen-bond donors (Lipinski definition) is 2. The number of aliphatic hydroxyl groups is 2. The standard InChI is InChI=1S/C11H14O5/c1-7(12)10(13)4-3-8-5-9(15-2)6-11(14)16-8/h3-7,10,12-13H,1-2H3/b4-3+. The van der Waals surface area contributed by atoms with Crippen LogP contribution < -0.4 is 10.4 Å². The average molecular weight is 226 g/mol. The molecule has 1 aromatic rings. The van der Waals surface area contributed by atoms with E-state index in [0.717, 1.165) is 0 Å². The van der Waals surface area contributed by atoms with E-state index in [0.29, 0.717) is 5.75 Å². The summed E-state index contributed by atoms with van der Waals surface area (Å²) in [6.45, 7) is 1.46. The van der Waals surface area contributed by atoms with Gasteiger partial charge in [0.1, 0.15) is 11.5 Å². The van der Waals surface area contributed by atoms with Gasteiger partial charge in [-0.1, -0.05) is 0 Å². The predicted octanol–water partition coefficient (Wildman–Crippen LogP) is 0.403. The van der Waals surface area contributed by atoms with Gasteiger partial charge < -0.3 is 19.4 Å². The summed E-state index contributed by atoms with van der Waals surface area (Å²) < 4.78 is 9.72. The third kappa shape index (κ3) is 3.52. The van der Waals surface area contributed by atoms with Crippen LogP contribution in [0.25, 0.3) is 6.08 Å². The normalized spacial score (nSPS) is 15.0. The Morgan fingerprint density at radius 2 is 2.12 bits per heavy atom. The van der Waals surface area contributed by atoms with E-state index in [4.69, 9.17) is 14.3 Å². The lowest BCUT2D eigenvalue weighted by Gasteiger charge is -2.07. The fourth-order valence-corrected chi connectivity index (χ4v) is 1.03. The van der Waals surface area contributed by atoms with Crippen molar-refractivity contribution in [3.05, 3.63) is 34.4 Å². The summed E-state index contributed by atoms with van der Waals surface area (Å²) in [5, 5.41) is 18.3. The molecule has 0 aliphatic rings. The van der Waals surface area contributed by atoms with E-state index in [-0.39, 0.29) is 5.76 Å². The minimum Gasteiger partial charge on any atom is -0.496 e. The highest BCUT2D eigenvalue weighted by Crippen LogP contribution is 2.11. The molecule has 0 aliphatic carbocycles. The summed E-state index contributed by atoms with van der Waals surface area (Å²) >= 11 is 0. The van der Waals surface area contributed by atoms with Gasteiger partial charge in [-0.25, -0.2) is 4.79 Å². The smallest absolute Gasteiger partial charge is 0.339 e. The van der Waals surface area contributed by atoms with Crippen molar-refractivity contribution < 1.29 is 19.4 Å². The fraction of sp³-hybridized carbons (Fsp3) is 0.364. The lowest BCUT2D eigenvalue weighted by atomic mass is 10.2. The second-order valence-corrected chi connectivity index (χ2v) is 3.31. The van der Waals surface area contributed by atoms with Crippen molar-refractivity contribution >= 4 is 6.08 Å². The topological polar surface area (TPSA) is 79.9 Å². The molecule has 5 nitrogen and oxygen atoms in total. The highest BCUT2D eigenvalue weighted by atomic mass is 16.5. The second-order valence-electron chi connectivity index (χ2n) is 3.31. The van der Waals surface area contributed by atoms with Crippen LogP contribution in [0.2, 0.25) is 0 Å². The molecule has 0 aliphatic heterocycles. The van der Waals surface area contributed by atoms with Gasteiger partial charge in [0.05, 0.1) is 25.4 Å². The molecule has 0 saturated carbocycles. The van der Waals surface area contributed by atoms with E-state index in [9.17, 15) is 9.90 Å². The Labute approximate surface area is 92.6 Å². The highest BCUT2D eigenvalue weighted by molar-refractivity contribution is 5.45. The van der Waals surface area contributed by atoms with Gasteiger partial charge in [0.15, 0.2) is 0 Å². The van der Waals surface area contributed by atoms with E-state index in [1.54, 1.807) is 0 Å². The van der Waals surface area contributed by atoms with E-state index < -0.39 is 17.8 Å². The average Bonchev–Trinajstić information content (AvgIpc) is 2.24. The molecule has 0 bridgehead atoms. The Balaban J connectivity index is 2.89. The molecule has 5 heteroatoms. The summed E-state index contributed by atoms with van der Waals surface area (Å²) in [6.07, 6.45) is 0.856. The summed E-state index contributed by atoms with van der Waals surface area (Å²) in [4.78, 5) is 11.1. The van der Waals surface area contributed by atoms with Crippen LogP contribution in [-0.4, -0.2) is 29.5 Å². The van der Waals surface area contributed by atoms with Crippen molar-refractivity contribution in [1.29, 1.82) is 0 Å². The Kier molecular flexibility index (Phi) is 4.28. The zero-order chi connectivity index (χ0) is 12.1. The first-order chi connectivity index (χ1) is 7.52. The Morgan fingerprint density at radius 1 is 1.44 bits per heavy atom. The third-order valence-electron chi connectivity index (χ3n) is 1.95. The molecule has 1 rings (SSSR count). The molecular formula is C11H14O5. The van der Waals surface area contributed by atoms with Gasteiger partial charge in [-0.3, -0.25) is 0 Å². The van der Waals surface area contributed by atoms with Crippen LogP contribution in [0.1, 0.15) is 12.7 Å². The first kappa shape index (κ1) is 12.5. The van der Waals surface area contributed by atoms with Crippen LogP contribution in [0.4, 0.5) is 0 Å². The fourth-order valence-electron chi connectivity index (χ4n) is 1.03. The molecule has 16 heavy (non-hydrogen) atoms. The molecule has 1 heterocycles. The van der Waals surface area contributed by atoms with Gasteiger partial charge in [-0.05, 0) is 19.1 Å². The lowest BCUT2D eigenvalue weighted by Crippen LogP contribution is -2.19. The summed E-state index contributed by atoms with van der Waals surface area (Å²) in [5.41, 5.74) is -0.537. The maximum absolute atomic E-state index is 11.1. The van der Waals surface area contributed by atoms with Crippen molar-refractivity contribution in [3.63, 3.8) is 0 Å². The van der Waals surface area contributed by atoms with Gasteiger partial charge in [0, 0.05) is 6.07 Å². The SMILES string of the molecule is COc1cc(/C=C/C(O)C(C)O)oc(=O)c1. The monoisotopic (exact) mass is 226 g/mol. The van der Waals surface area contributed by atoms with Gasteiger partial charge in [-0.15, -0.1) is 0 Å². The van der Waals surface area contributed by atoms with Gasteiger partial charge in [-0.2, -0.15) is 0 Å². The van der Waals surface area contributed by atoms with Crippen molar-refractivity contribution in [3.8, 4) is 5.75 Å². The molecule has 0 aromatic carbocycles. The third-order valence-corrected chi connectivity index (χ3v) is 1.95. The molecule has 0 spiro atoms. The van der Waals surface area contributed by atoms with Crippen LogP contribution in [0.15, 0.2) is 27.4 Å². The molecule has 2 N–H and O–H groups in total. The summed E-state index contributed by atoms with van der Waals surface area (Å²) in [6, 6.07) is 2.72. The second kappa shape index (κ2) is 5.48. The summed E-state index contributed by atoms with van der Waals surface area (Å²) in [7, 11) is 1.44. The maximum atomic E-state index is 11.1. The largest absolute Gasteiger partial charge is 0.496 e. The molecule has 0 amide bonds. The number of methoxy groups -OCH3 is 1. The van der Waals surface area contributed by atoms with Crippen LogP contribution in [0.3, 0.4) is 0 Å². The van der Waals surface area contributed by atoms with Crippen molar-refractivity contribution in [2.75, 3.05) is 7.11 Å².